The molecule has 0 radical (unpaired) electrons. The van der Waals surface area contributed by atoms with Crippen LogP contribution >= 0.6 is 0 Å². The Bertz CT molecular complexity index is 809. The SMILES string of the molecule is C[C@H](Nc1ccc2nnnn2n1)c1ccc2c(c1)CCCC2. The number of hydrogen-bond donors (Lipinski definition) is 1. The molecule has 1 aliphatic carbocycles. The maximum atomic E-state index is 4.36. The summed E-state index contributed by atoms with van der Waals surface area (Å²) >= 11 is 0. The molecule has 6 nitrogen and oxygen atoms in total. The second-order valence-electron chi connectivity index (χ2n) is 5.85. The van der Waals surface area contributed by atoms with Crippen molar-refractivity contribution in [1.82, 2.24) is 25.3 Å². The van der Waals surface area contributed by atoms with Crippen LogP contribution in [0.15, 0.2) is 30.3 Å². The van der Waals surface area contributed by atoms with Gasteiger partial charge in [-0.2, -0.15) is 0 Å². The van der Waals surface area contributed by atoms with Crippen molar-refractivity contribution in [2.45, 2.75) is 38.6 Å². The highest BCUT2D eigenvalue weighted by molar-refractivity contribution is 5.44. The van der Waals surface area contributed by atoms with E-state index < -0.39 is 0 Å². The van der Waals surface area contributed by atoms with Gasteiger partial charge in [0.1, 0.15) is 5.82 Å². The molecule has 4 rings (SSSR count). The van der Waals surface area contributed by atoms with Gasteiger partial charge in [-0.05, 0) is 71.9 Å². The average molecular weight is 294 g/mol. The Morgan fingerprint density at radius 1 is 1.09 bits per heavy atom. The fourth-order valence-electron chi connectivity index (χ4n) is 3.05. The smallest absolute Gasteiger partial charge is 0.200 e. The summed E-state index contributed by atoms with van der Waals surface area (Å²) in [7, 11) is 0. The number of nitrogens with one attached hydrogen (secondary N) is 1. The highest BCUT2D eigenvalue weighted by Gasteiger charge is 2.13. The highest BCUT2D eigenvalue weighted by atomic mass is 15.6. The molecule has 112 valence electrons. The van der Waals surface area contributed by atoms with E-state index in [-0.39, 0.29) is 6.04 Å². The molecule has 1 N–H and O–H groups in total. The van der Waals surface area contributed by atoms with Gasteiger partial charge >= 0.3 is 0 Å². The zero-order valence-electron chi connectivity index (χ0n) is 12.5. The third kappa shape index (κ3) is 2.41. The van der Waals surface area contributed by atoms with Crippen LogP contribution in [0.5, 0.6) is 0 Å². The van der Waals surface area contributed by atoms with Crippen LogP contribution in [0.1, 0.15) is 42.5 Å². The number of anilines is 1. The molecule has 6 heteroatoms. The second-order valence-corrected chi connectivity index (χ2v) is 5.85. The predicted molar refractivity (Wildman–Crippen MR) is 83.7 cm³/mol. The maximum absolute atomic E-state index is 4.36. The molecule has 0 saturated heterocycles. The normalized spacial score (nSPS) is 15.5. The molecule has 2 aromatic heterocycles. The van der Waals surface area contributed by atoms with Crippen LogP contribution in [0, 0.1) is 0 Å². The molecule has 0 aliphatic heterocycles. The molecule has 0 amide bonds. The standard InChI is InChI=1S/C16H18N6/c1-11(13-7-6-12-4-2-3-5-14(12)10-13)17-15-8-9-16-18-20-21-22(16)19-15/h6-11H,2-5H2,1H3,(H,17,19)/t11-/m0/s1. The van der Waals surface area contributed by atoms with E-state index in [1.165, 1.54) is 47.0 Å². The predicted octanol–water partition coefficient (Wildman–Crippen LogP) is 2.57. The first-order valence-electron chi connectivity index (χ1n) is 7.73. The summed E-state index contributed by atoms with van der Waals surface area (Å²) in [5, 5.41) is 19.1. The Hall–Kier alpha value is -2.50. The van der Waals surface area contributed by atoms with Crippen LogP contribution in [0.25, 0.3) is 5.65 Å². The minimum absolute atomic E-state index is 0.189. The summed E-state index contributed by atoms with van der Waals surface area (Å²) in [4.78, 5) is 0. The van der Waals surface area contributed by atoms with Crippen LogP contribution in [0.3, 0.4) is 0 Å². The summed E-state index contributed by atoms with van der Waals surface area (Å²) in [5.41, 5.74) is 4.95. The molecule has 1 aliphatic rings. The van der Waals surface area contributed by atoms with E-state index in [9.17, 15) is 0 Å². The van der Waals surface area contributed by atoms with Gasteiger partial charge < -0.3 is 5.32 Å². The fraction of sp³-hybridized carbons (Fsp3) is 0.375. The summed E-state index contributed by atoms with van der Waals surface area (Å²) in [6.07, 6.45) is 5.03. The Balaban J connectivity index is 1.57. The van der Waals surface area contributed by atoms with E-state index in [0.717, 1.165) is 5.82 Å². The Kier molecular flexibility index (Phi) is 3.21. The Morgan fingerprint density at radius 2 is 1.95 bits per heavy atom. The van der Waals surface area contributed by atoms with Crippen molar-refractivity contribution in [2.75, 3.05) is 5.32 Å². The number of fused-ring (bicyclic) bond motifs is 2. The van der Waals surface area contributed by atoms with Crippen LogP contribution in [-0.4, -0.2) is 25.3 Å². The molecule has 22 heavy (non-hydrogen) atoms. The van der Waals surface area contributed by atoms with Crippen LogP contribution in [0.2, 0.25) is 0 Å². The lowest BCUT2D eigenvalue weighted by atomic mass is 9.89. The molecule has 1 atom stereocenters. The van der Waals surface area contributed by atoms with Crippen molar-refractivity contribution in [1.29, 1.82) is 0 Å². The Morgan fingerprint density at radius 3 is 2.86 bits per heavy atom. The minimum Gasteiger partial charge on any atom is -0.362 e. The highest BCUT2D eigenvalue weighted by Crippen LogP contribution is 2.26. The molecule has 0 bridgehead atoms. The Labute approximate surface area is 128 Å². The van der Waals surface area contributed by atoms with Crippen molar-refractivity contribution in [3.05, 3.63) is 47.0 Å². The third-order valence-electron chi connectivity index (χ3n) is 4.31. The maximum Gasteiger partial charge on any atom is 0.200 e. The number of nitrogens with zero attached hydrogens (tertiary/aromatic N) is 5. The second kappa shape index (κ2) is 5.36. The van der Waals surface area contributed by atoms with Gasteiger partial charge in [-0.25, -0.2) is 0 Å². The molecule has 0 saturated carbocycles. The zero-order valence-corrected chi connectivity index (χ0v) is 12.5. The fourth-order valence-corrected chi connectivity index (χ4v) is 3.05. The van der Waals surface area contributed by atoms with E-state index in [2.05, 4.69) is 51.1 Å². The van der Waals surface area contributed by atoms with Gasteiger partial charge in [0.15, 0.2) is 5.65 Å². The van der Waals surface area contributed by atoms with E-state index >= 15 is 0 Å². The summed E-state index contributed by atoms with van der Waals surface area (Å²) < 4.78 is 1.43. The molecule has 0 unspecified atom stereocenters. The van der Waals surface area contributed by atoms with Gasteiger partial charge in [-0.1, -0.05) is 18.2 Å². The van der Waals surface area contributed by atoms with Crippen LogP contribution in [0.4, 0.5) is 5.82 Å². The number of hydrogen-bond acceptors (Lipinski definition) is 5. The summed E-state index contributed by atoms with van der Waals surface area (Å²) in [6, 6.07) is 10.8. The average Bonchev–Trinajstić information content (AvgIpc) is 3.02. The monoisotopic (exact) mass is 294 g/mol. The largest absolute Gasteiger partial charge is 0.362 e. The van der Waals surface area contributed by atoms with Gasteiger partial charge in [0, 0.05) is 0 Å². The summed E-state index contributed by atoms with van der Waals surface area (Å²) in [5.74, 6) is 0.769. The van der Waals surface area contributed by atoms with Crippen molar-refractivity contribution in [3.63, 3.8) is 0 Å². The quantitative estimate of drug-likeness (QED) is 0.804. The van der Waals surface area contributed by atoms with Gasteiger partial charge in [0.05, 0.1) is 6.04 Å². The number of tetrazole rings is 1. The van der Waals surface area contributed by atoms with Crippen molar-refractivity contribution in [3.8, 4) is 0 Å². The lowest BCUT2D eigenvalue weighted by molar-refractivity contribution is 0.682. The molecular weight excluding hydrogens is 276 g/mol. The van der Waals surface area contributed by atoms with Gasteiger partial charge in [0.2, 0.25) is 0 Å². The zero-order chi connectivity index (χ0) is 14.9. The van der Waals surface area contributed by atoms with Crippen molar-refractivity contribution < 1.29 is 0 Å². The number of aromatic nitrogens is 5. The lowest BCUT2D eigenvalue weighted by Gasteiger charge is -2.20. The first-order chi connectivity index (χ1) is 10.8. The number of benzene rings is 1. The van der Waals surface area contributed by atoms with E-state index in [4.69, 9.17) is 0 Å². The minimum atomic E-state index is 0.189. The number of rotatable bonds is 3. The van der Waals surface area contributed by atoms with E-state index in [0.29, 0.717) is 5.65 Å². The molecule has 0 spiro atoms. The number of aryl methyl sites for hydroxylation is 2. The van der Waals surface area contributed by atoms with Gasteiger partial charge in [-0.15, -0.1) is 14.8 Å². The van der Waals surface area contributed by atoms with Crippen molar-refractivity contribution >= 4 is 11.5 Å². The first-order valence-corrected chi connectivity index (χ1v) is 7.73. The van der Waals surface area contributed by atoms with Gasteiger partial charge in [-0.3, -0.25) is 0 Å². The lowest BCUT2D eigenvalue weighted by Crippen LogP contribution is -2.11. The molecule has 1 aromatic carbocycles. The van der Waals surface area contributed by atoms with E-state index in [1.807, 2.05) is 12.1 Å². The topological polar surface area (TPSA) is 68.0 Å². The van der Waals surface area contributed by atoms with Crippen LogP contribution in [-0.2, 0) is 12.8 Å². The van der Waals surface area contributed by atoms with Gasteiger partial charge in [0.25, 0.3) is 0 Å². The molecule has 2 heterocycles. The molecule has 0 fully saturated rings. The summed E-state index contributed by atoms with van der Waals surface area (Å²) in [6.45, 7) is 2.15. The van der Waals surface area contributed by atoms with E-state index in [1.54, 1.807) is 0 Å². The van der Waals surface area contributed by atoms with Crippen LogP contribution < -0.4 is 5.32 Å². The molecular formula is C16H18N6. The molecule has 3 aromatic rings. The van der Waals surface area contributed by atoms with Crippen molar-refractivity contribution in [2.24, 2.45) is 0 Å². The first kappa shape index (κ1) is 13.2. The third-order valence-corrected chi connectivity index (χ3v) is 4.31.